The van der Waals surface area contributed by atoms with Gasteiger partial charge in [-0.3, -0.25) is 14.4 Å². The highest BCUT2D eigenvalue weighted by molar-refractivity contribution is 6.05. The lowest BCUT2D eigenvalue weighted by molar-refractivity contribution is -0.138. The molecule has 0 spiro atoms. The van der Waals surface area contributed by atoms with Crippen LogP contribution in [0.25, 0.3) is 0 Å². The first kappa shape index (κ1) is 30.6. The Balaban J connectivity index is 1.17. The van der Waals surface area contributed by atoms with Gasteiger partial charge in [-0.15, -0.1) is 0 Å². The minimum atomic E-state index is -4.89. The third kappa shape index (κ3) is 6.70. The van der Waals surface area contributed by atoms with Gasteiger partial charge in [-0.05, 0) is 31.7 Å². The largest absolute Gasteiger partial charge is 0.423 e. The van der Waals surface area contributed by atoms with Gasteiger partial charge in [-0.1, -0.05) is 0 Å². The minimum absolute atomic E-state index is 0.0225. The van der Waals surface area contributed by atoms with Gasteiger partial charge in [0.15, 0.2) is 5.82 Å². The molecular weight excluding hydrogens is 588 g/mol. The smallest absolute Gasteiger partial charge is 0.379 e. The van der Waals surface area contributed by atoms with Gasteiger partial charge in [0.25, 0.3) is 11.5 Å². The zero-order valence-electron chi connectivity index (χ0n) is 23.0. The van der Waals surface area contributed by atoms with Crippen LogP contribution in [0.2, 0.25) is 0 Å². The zero-order valence-corrected chi connectivity index (χ0v) is 23.0. The highest BCUT2D eigenvalue weighted by Gasteiger charge is 2.45. The maximum atomic E-state index is 13.5. The Kier molecular flexibility index (Phi) is 8.28. The quantitative estimate of drug-likeness (QED) is 0.326. The van der Waals surface area contributed by atoms with Gasteiger partial charge in [-0.2, -0.15) is 31.4 Å². The standard InChI is InChI=1S/C26H29F6N7O4/c1-14(35-17-10-34-36-23(41)21(17)26(30,31)32)13-43-7-4-20(40)37-5-6-38-19(12-37)24(42)39(11-15-2-3-15)18-8-16(25(27,28)29)9-33-22(18)38/h8-10,14-15,19H,2-7,11-13H2,1H3,(H2,35,36,41)/t14-,19?/m0/s1. The predicted molar refractivity (Wildman–Crippen MR) is 140 cm³/mol. The number of alkyl halides is 6. The molecule has 3 aliphatic rings. The van der Waals surface area contributed by atoms with Crippen molar-refractivity contribution in [2.75, 3.05) is 54.5 Å². The number of amides is 2. The molecular formula is C26H29F6N7O4. The van der Waals surface area contributed by atoms with Crippen molar-refractivity contribution in [2.45, 2.75) is 50.6 Å². The van der Waals surface area contributed by atoms with Crippen molar-refractivity contribution in [3.63, 3.8) is 0 Å². The van der Waals surface area contributed by atoms with Gasteiger partial charge in [0.1, 0.15) is 11.6 Å². The van der Waals surface area contributed by atoms with E-state index in [9.17, 15) is 40.7 Å². The molecule has 2 atom stereocenters. The third-order valence-electron chi connectivity index (χ3n) is 7.53. The molecule has 2 aliphatic heterocycles. The van der Waals surface area contributed by atoms with E-state index in [-0.39, 0.29) is 75.1 Å². The number of aromatic nitrogens is 3. The van der Waals surface area contributed by atoms with E-state index in [4.69, 9.17) is 4.74 Å². The number of pyridine rings is 1. The number of rotatable bonds is 9. The van der Waals surface area contributed by atoms with Crippen LogP contribution in [0.3, 0.4) is 0 Å². The fraction of sp³-hybridized carbons (Fsp3) is 0.577. The number of hydrogen-bond acceptors (Lipinski definition) is 8. The molecule has 0 aromatic carbocycles. The molecule has 2 aromatic heterocycles. The van der Waals surface area contributed by atoms with Gasteiger partial charge < -0.3 is 24.8 Å². The van der Waals surface area contributed by atoms with Crippen LogP contribution in [0, 0.1) is 5.92 Å². The summed E-state index contributed by atoms with van der Waals surface area (Å²) in [6.07, 6.45) is -6.21. The number of anilines is 3. The molecule has 5 rings (SSSR count). The SMILES string of the molecule is C[C@@H](COCCC(=O)N1CCN2c3ncc(C(F)(F)F)cc3N(CC3CC3)C(=O)C2C1)Nc1cn[nH]c(=O)c1C(F)(F)F. The summed E-state index contributed by atoms with van der Waals surface area (Å²) in [5, 5.41) is 7.69. The maximum Gasteiger partial charge on any atom is 0.423 e. The van der Waals surface area contributed by atoms with E-state index in [0.29, 0.717) is 0 Å². The number of carbonyl (C=O) groups is 2. The Morgan fingerprint density at radius 3 is 2.56 bits per heavy atom. The molecule has 4 heterocycles. The summed E-state index contributed by atoms with van der Waals surface area (Å²) in [5.41, 5.74) is -4.10. The number of aromatic amines is 1. The highest BCUT2D eigenvalue weighted by Crippen LogP contribution is 2.42. The van der Waals surface area contributed by atoms with E-state index >= 15 is 0 Å². The Bertz CT molecular complexity index is 1430. The van der Waals surface area contributed by atoms with Crippen LogP contribution in [-0.2, 0) is 26.7 Å². The second-order valence-electron chi connectivity index (χ2n) is 10.9. The topological polar surface area (TPSA) is 124 Å². The van der Waals surface area contributed by atoms with Crippen molar-refractivity contribution in [3.05, 3.63) is 39.9 Å². The lowest BCUT2D eigenvalue weighted by Gasteiger charge is -2.47. The molecule has 2 aromatic rings. The molecule has 1 unspecified atom stereocenters. The molecule has 17 heteroatoms. The monoisotopic (exact) mass is 617 g/mol. The first-order valence-corrected chi connectivity index (χ1v) is 13.7. The summed E-state index contributed by atoms with van der Waals surface area (Å²) in [6.45, 7) is 2.11. The number of carbonyl (C=O) groups excluding carboxylic acids is 2. The predicted octanol–water partition coefficient (Wildman–Crippen LogP) is 2.88. The second kappa shape index (κ2) is 11.7. The molecule has 2 N–H and O–H groups in total. The number of fused-ring (bicyclic) bond motifs is 3. The number of halogens is 6. The third-order valence-corrected chi connectivity index (χ3v) is 7.53. The van der Waals surface area contributed by atoms with Gasteiger partial charge in [0.05, 0.1) is 49.3 Å². The van der Waals surface area contributed by atoms with Crippen LogP contribution in [0.4, 0.5) is 43.5 Å². The molecule has 1 saturated heterocycles. The van der Waals surface area contributed by atoms with Gasteiger partial charge in [0.2, 0.25) is 5.91 Å². The number of piperazine rings is 1. The van der Waals surface area contributed by atoms with Crippen molar-refractivity contribution in [2.24, 2.45) is 5.92 Å². The van der Waals surface area contributed by atoms with E-state index in [1.807, 2.05) is 0 Å². The number of nitrogens with one attached hydrogen (secondary N) is 2. The van der Waals surface area contributed by atoms with Crippen LogP contribution in [0.15, 0.2) is 23.3 Å². The normalized spacial score (nSPS) is 19.7. The number of hydrogen-bond donors (Lipinski definition) is 2. The highest BCUT2D eigenvalue weighted by atomic mass is 19.4. The fourth-order valence-corrected chi connectivity index (χ4v) is 5.21. The van der Waals surface area contributed by atoms with Crippen molar-refractivity contribution in [1.82, 2.24) is 20.1 Å². The van der Waals surface area contributed by atoms with Crippen LogP contribution in [-0.4, -0.2) is 83.4 Å². The summed E-state index contributed by atoms with van der Waals surface area (Å²) in [6, 6.07) is -0.505. The first-order chi connectivity index (χ1) is 20.2. The summed E-state index contributed by atoms with van der Waals surface area (Å²) in [5.74, 6) is -0.223. The average molecular weight is 618 g/mol. The second-order valence-corrected chi connectivity index (χ2v) is 10.9. The molecule has 2 amide bonds. The van der Waals surface area contributed by atoms with E-state index in [0.717, 1.165) is 31.3 Å². The van der Waals surface area contributed by atoms with Crippen LogP contribution < -0.4 is 20.7 Å². The number of H-pyrrole nitrogens is 1. The van der Waals surface area contributed by atoms with Gasteiger partial charge in [-0.25, -0.2) is 10.1 Å². The maximum absolute atomic E-state index is 13.5. The molecule has 2 fully saturated rings. The van der Waals surface area contributed by atoms with E-state index in [1.54, 1.807) is 10.00 Å². The first-order valence-electron chi connectivity index (χ1n) is 13.7. The van der Waals surface area contributed by atoms with E-state index in [2.05, 4.69) is 15.4 Å². The molecule has 0 radical (unpaired) electrons. The Morgan fingerprint density at radius 1 is 1.14 bits per heavy atom. The van der Waals surface area contributed by atoms with Crippen LogP contribution >= 0.6 is 0 Å². The van der Waals surface area contributed by atoms with Crippen molar-refractivity contribution in [3.8, 4) is 0 Å². The van der Waals surface area contributed by atoms with Gasteiger partial charge >= 0.3 is 12.4 Å². The lowest BCUT2D eigenvalue weighted by atomic mass is 10.0. The summed E-state index contributed by atoms with van der Waals surface area (Å²) in [7, 11) is 0. The Hall–Kier alpha value is -3.89. The van der Waals surface area contributed by atoms with Crippen molar-refractivity contribution in [1.29, 1.82) is 0 Å². The fourth-order valence-electron chi connectivity index (χ4n) is 5.21. The van der Waals surface area contributed by atoms with Crippen molar-refractivity contribution >= 4 is 29.0 Å². The van der Waals surface area contributed by atoms with Crippen LogP contribution in [0.1, 0.15) is 37.3 Å². The van der Waals surface area contributed by atoms with E-state index in [1.165, 1.54) is 16.7 Å². The zero-order chi connectivity index (χ0) is 31.1. The van der Waals surface area contributed by atoms with Crippen molar-refractivity contribution < 1.29 is 40.7 Å². The summed E-state index contributed by atoms with van der Waals surface area (Å²) in [4.78, 5) is 46.7. The Morgan fingerprint density at radius 2 is 1.88 bits per heavy atom. The molecule has 43 heavy (non-hydrogen) atoms. The molecule has 1 saturated carbocycles. The van der Waals surface area contributed by atoms with Crippen LogP contribution in [0.5, 0.6) is 0 Å². The molecule has 11 nitrogen and oxygen atoms in total. The van der Waals surface area contributed by atoms with E-state index < -0.39 is 46.8 Å². The summed E-state index contributed by atoms with van der Waals surface area (Å²) < 4.78 is 85.4. The molecule has 234 valence electrons. The lowest BCUT2D eigenvalue weighted by Crippen LogP contribution is -2.64. The number of nitrogens with zero attached hydrogens (tertiary/aromatic N) is 5. The minimum Gasteiger partial charge on any atom is -0.379 e. The summed E-state index contributed by atoms with van der Waals surface area (Å²) >= 11 is 0. The Labute approximate surface area is 241 Å². The van der Waals surface area contributed by atoms with Gasteiger partial charge in [0, 0.05) is 31.9 Å². The molecule has 0 bridgehead atoms. The molecule has 1 aliphatic carbocycles. The number of ether oxygens (including phenoxy) is 1. The average Bonchev–Trinajstić information content (AvgIpc) is 3.76.